The third-order valence-corrected chi connectivity index (χ3v) is 8.93. The van der Waals surface area contributed by atoms with Crippen LogP contribution in [0.1, 0.15) is 16.7 Å². The smallest absolute Gasteiger partial charge is 0.218 e. The van der Waals surface area contributed by atoms with Gasteiger partial charge in [-0.05, 0) is 55.7 Å². The lowest BCUT2D eigenvalue weighted by Crippen LogP contribution is -2.44. The summed E-state index contributed by atoms with van der Waals surface area (Å²) in [7, 11) is -2.93. The fraction of sp³-hybridized carbons (Fsp3) is 0.136. The van der Waals surface area contributed by atoms with Gasteiger partial charge in [-0.15, -0.1) is 0 Å². The van der Waals surface area contributed by atoms with Gasteiger partial charge in [-0.1, -0.05) is 54.6 Å². The van der Waals surface area contributed by atoms with Crippen LogP contribution in [0.2, 0.25) is 0 Å². The fourth-order valence-electron chi connectivity index (χ4n) is 3.50. The number of rotatable bonds is 4. The van der Waals surface area contributed by atoms with Crippen molar-refractivity contribution in [3.8, 4) is 0 Å². The average Bonchev–Trinajstić information content (AvgIpc) is 2.59. The van der Waals surface area contributed by atoms with Crippen LogP contribution >= 0.6 is 7.26 Å². The monoisotopic (exact) mass is 348 g/mol. The van der Waals surface area contributed by atoms with Gasteiger partial charge in [0.25, 0.3) is 0 Å². The summed E-state index contributed by atoms with van der Waals surface area (Å²) in [5.74, 6) is 0. The van der Waals surface area contributed by atoms with Gasteiger partial charge in [-0.25, -0.2) is 0 Å². The summed E-state index contributed by atoms with van der Waals surface area (Å²) < 4.78 is 0. The summed E-state index contributed by atoms with van der Waals surface area (Å²) in [6.07, 6.45) is 0. The molecule has 2 nitrogen and oxygen atoms in total. The Balaban J connectivity index is 2.52. The van der Waals surface area contributed by atoms with E-state index in [0.29, 0.717) is 0 Å². The van der Waals surface area contributed by atoms with Gasteiger partial charge in [-0.3, -0.25) is 0 Å². The Kier molecular flexibility index (Phi) is 4.74. The van der Waals surface area contributed by atoms with Crippen molar-refractivity contribution in [2.24, 2.45) is 0 Å². The van der Waals surface area contributed by atoms with E-state index in [1.54, 1.807) is 0 Å². The quantitative estimate of drug-likeness (QED) is 0.679. The number of hydrogen-bond donors (Lipinski definition) is 0. The van der Waals surface area contributed by atoms with Crippen molar-refractivity contribution in [2.45, 2.75) is 20.8 Å². The Morgan fingerprint density at radius 1 is 0.640 bits per heavy atom. The molecule has 0 bridgehead atoms. The average molecular weight is 348 g/mol. The Bertz CT molecular complexity index is 820. The molecule has 126 valence electrons. The molecule has 0 spiro atoms. The molecular weight excluding hydrogens is 327 g/mol. The Hall–Kier alpha value is -2.44. The number of aryl methyl sites for hydroxylation is 3. The van der Waals surface area contributed by atoms with Crippen LogP contribution in [0.3, 0.4) is 0 Å². The number of carbonyl (C=O) groups is 1. The van der Waals surface area contributed by atoms with Crippen molar-refractivity contribution in [2.75, 3.05) is 0 Å². The van der Waals surface area contributed by atoms with Crippen LogP contribution in [0.15, 0.2) is 72.8 Å². The van der Waals surface area contributed by atoms with Crippen molar-refractivity contribution < 1.29 is 9.90 Å². The standard InChI is InChI=1S/C22H21O2P/c1-16-10-4-7-13-19(16)25(22(23)24,20-14-8-5-11-17(20)2)21-15-9-6-12-18(21)3/h4-15H,1-3H3. The fourth-order valence-corrected chi connectivity index (χ4v) is 7.61. The molecule has 3 rings (SSSR count). The first-order valence-electron chi connectivity index (χ1n) is 8.28. The van der Waals surface area contributed by atoms with E-state index in [1.807, 2.05) is 93.6 Å². The van der Waals surface area contributed by atoms with Crippen LogP contribution in [-0.4, -0.2) is 5.71 Å². The maximum atomic E-state index is 12.8. The molecule has 0 aromatic heterocycles. The van der Waals surface area contributed by atoms with Gasteiger partial charge in [0.1, 0.15) is 15.9 Å². The first-order valence-corrected chi connectivity index (χ1v) is 10.1. The highest BCUT2D eigenvalue weighted by atomic mass is 31.2. The van der Waals surface area contributed by atoms with E-state index in [2.05, 4.69) is 0 Å². The molecule has 0 N–H and O–H groups in total. The minimum Gasteiger partial charge on any atom is -0.513 e. The molecule has 0 saturated carbocycles. The van der Waals surface area contributed by atoms with Crippen molar-refractivity contribution in [1.29, 1.82) is 0 Å². The number of benzene rings is 3. The molecular formula is C22H21O2P. The van der Waals surface area contributed by atoms with Crippen LogP contribution in [0.5, 0.6) is 0 Å². The third-order valence-electron chi connectivity index (χ3n) is 4.70. The van der Waals surface area contributed by atoms with Crippen molar-refractivity contribution in [3.63, 3.8) is 0 Å². The molecule has 0 amide bonds. The molecule has 0 saturated heterocycles. The van der Waals surface area contributed by atoms with Crippen molar-refractivity contribution in [3.05, 3.63) is 89.5 Å². The van der Waals surface area contributed by atoms with Gasteiger partial charge in [-0.2, -0.15) is 0 Å². The van der Waals surface area contributed by atoms with Crippen LogP contribution in [0.25, 0.3) is 0 Å². The molecule has 0 fully saturated rings. The first kappa shape index (κ1) is 17.4. The van der Waals surface area contributed by atoms with Gasteiger partial charge in [0.2, 0.25) is 5.71 Å². The second-order valence-corrected chi connectivity index (χ2v) is 9.45. The number of carboxylic acid groups (broad SMARTS) is 1. The molecule has 0 atom stereocenters. The Morgan fingerprint density at radius 3 is 1.16 bits per heavy atom. The molecule has 0 heterocycles. The van der Waals surface area contributed by atoms with E-state index in [1.165, 1.54) is 0 Å². The van der Waals surface area contributed by atoms with Crippen LogP contribution in [0, 0.1) is 20.8 Å². The van der Waals surface area contributed by atoms with E-state index < -0.39 is 13.0 Å². The van der Waals surface area contributed by atoms with Gasteiger partial charge in [0.05, 0.1) is 0 Å². The topological polar surface area (TPSA) is 40.1 Å². The zero-order chi connectivity index (χ0) is 18.0. The third kappa shape index (κ3) is 2.77. The lowest BCUT2D eigenvalue weighted by atomic mass is 10.2. The molecule has 0 aliphatic heterocycles. The maximum absolute atomic E-state index is 12.8. The molecule has 3 heteroatoms. The summed E-state index contributed by atoms with van der Waals surface area (Å²) in [6.45, 7) is 5.93. The second kappa shape index (κ2) is 6.82. The highest BCUT2D eigenvalue weighted by Gasteiger charge is 2.50. The van der Waals surface area contributed by atoms with Gasteiger partial charge in [0, 0.05) is 0 Å². The van der Waals surface area contributed by atoms with Crippen molar-refractivity contribution in [1.82, 2.24) is 0 Å². The zero-order valence-electron chi connectivity index (χ0n) is 14.7. The number of hydrogen-bond acceptors (Lipinski definition) is 2. The van der Waals surface area contributed by atoms with E-state index >= 15 is 0 Å². The largest absolute Gasteiger partial charge is 0.513 e. The minimum absolute atomic E-state index is 0.860. The highest BCUT2D eigenvalue weighted by Crippen LogP contribution is 2.56. The molecule has 3 aromatic carbocycles. The summed E-state index contributed by atoms with van der Waals surface area (Å²) in [6, 6.07) is 23.3. The summed E-state index contributed by atoms with van der Waals surface area (Å²) in [5.41, 5.74) is 1.94. The molecule has 0 unspecified atom stereocenters. The first-order chi connectivity index (χ1) is 12.0. The summed E-state index contributed by atoms with van der Waals surface area (Å²) in [5, 5.41) is 15.4. The van der Waals surface area contributed by atoms with E-state index in [4.69, 9.17) is 0 Å². The summed E-state index contributed by atoms with van der Waals surface area (Å²) >= 11 is 0. The molecule has 0 radical (unpaired) electrons. The van der Waals surface area contributed by atoms with Crippen molar-refractivity contribution >= 4 is 28.9 Å². The van der Waals surface area contributed by atoms with Crippen LogP contribution in [0.4, 0.5) is 4.79 Å². The highest BCUT2D eigenvalue weighted by molar-refractivity contribution is 8.07. The SMILES string of the molecule is Cc1ccccc1[P+](C(=O)[O-])(c1ccccc1C)c1ccccc1C. The maximum Gasteiger partial charge on any atom is 0.218 e. The molecule has 25 heavy (non-hydrogen) atoms. The van der Waals surface area contributed by atoms with Gasteiger partial charge >= 0.3 is 0 Å². The number of carbonyl (C=O) groups excluding carboxylic acids is 1. The predicted octanol–water partition coefficient (Wildman–Crippen LogP) is 3.25. The lowest BCUT2D eigenvalue weighted by Gasteiger charge is -2.30. The van der Waals surface area contributed by atoms with E-state index in [9.17, 15) is 9.90 Å². The van der Waals surface area contributed by atoms with E-state index in [0.717, 1.165) is 32.6 Å². The summed E-state index contributed by atoms with van der Waals surface area (Å²) in [4.78, 5) is 12.8. The normalized spacial score (nSPS) is 11.3. The lowest BCUT2D eigenvalue weighted by molar-refractivity contribution is -0.233. The zero-order valence-corrected chi connectivity index (χ0v) is 15.6. The Labute approximate surface area is 149 Å². The van der Waals surface area contributed by atoms with Crippen LogP contribution in [-0.2, 0) is 0 Å². The second-order valence-electron chi connectivity index (χ2n) is 6.30. The van der Waals surface area contributed by atoms with Crippen LogP contribution < -0.4 is 21.0 Å². The molecule has 0 aliphatic carbocycles. The van der Waals surface area contributed by atoms with Gasteiger partial charge in [0.15, 0.2) is 7.26 Å². The van der Waals surface area contributed by atoms with E-state index in [-0.39, 0.29) is 0 Å². The predicted molar refractivity (Wildman–Crippen MR) is 105 cm³/mol. The molecule has 0 aliphatic rings. The van der Waals surface area contributed by atoms with Gasteiger partial charge < -0.3 is 9.90 Å². The minimum atomic E-state index is -2.93. The molecule has 3 aromatic rings. The Morgan fingerprint density at radius 2 is 0.920 bits per heavy atom.